The zero-order valence-corrected chi connectivity index (χ0v) is 14.9. The van der Waals surface area contributed by atoms with Gasteiger partial charge in [-0.05, 0) is 58.7 Å². The minimum Gasteiger partial charge on any atom is -0.507 e. The molecule has 0 saturated heterocycles. The van der Waals surface area contributed by atoms with Crippen molar-refractivity contribution in [2.45, 2.75) is 52.5 Å². The molecule has 0 bridgehead atoms. The first-order chi connectivity index (χ1) is 11.0. The van der Waals surface area contributed by atoms with Crippen molar-refractivity contribution in [1.29, 1.82) is 0 Å². The first kappa shape index (κ1) is 17.6. The minimum atomic E-state index is 0.293. The highest BCUT2D eigenvalue weighted by Gasteiger charge is 2.27. The summed E-state index contributed by atoms with van der Waals surface area (Å²) in [6, 6.07) is 1.90. The molecule has 0 saturated carbocycles. The van der Waals surface area contributed by atoms with Crippen LogP contribution in [0.15, 0.2) is 30.4 Å². The molecular formula is C20H29NO2. The van der Waals surface area contributed by atoms with Gasteiger partial charge in [0.15, 0.2) is 0 Å². The molecule has 0 spiro atoms. The number of aromatic hydroxyl groups is 1. The van der Waals surface area contributed by atoms with E-state index >= 15 is 0 Å². The van der Waals surface area contributed by atoms with E-state index in [2.05, 4.69) is 31.5 Å². The summed E-state index contributed by atoms with van der Waals surface area (Å²) >= 11 is 0. The molecule has 23 heavy (non-hydrogen) atoms. The Balaban J connectivity index is 0.000000595. The fourth-order valence-electron chi connectivity index (χ4n) is 3.38. The Morgan fingerprint density at radius 3 is 2.74 bits per heavy atom. The van der Waals surface area contributed by atoms with Crippen LogP contribution in [0.25, 0.3) is 0 Å². The third-order valence-electron chi connectivity index (χ3n) is 4.42. The number of rotatable bonds is 1. The Hall–Kier alpha value is -1.74. The molecule has 0 radical (unpaired) electrons. The summed E-state index contributed by atoms with van der Waals surface area (Å²) in [5.74, 6) is 1.61. The summed E-state index contributed by atoms with van der Waals surface area (Å²) in [5, 5.41) is 10.4. The summed E-state index contributed by atoms with van der Waals surface area (Å²) in [4.78, 5) is 2.15. The van der Waals surface area contributed by atoms with E-state index in [0.29, 0.717) is 18.4 Å². The molecule has 0 aromatic heterocycles. The van der Waals surface area contributed by atoms with Crippen molar-refractivity contribution in [3.63, 3.8) is 0 Å². The molecule has 126 valence electrons. The number of ether oxygens (including phenoxy) is 1. The molecule has 0 amide bonds. The van der Waals surface area contributed by atoms with Crippen LogP contribution in [0, 0.1) is 6.92 Å². The van der Waals surface area contributed by atoms with Gasteiger partial charge in [0.05, 0.1) is 0 Å². The fourth-order valence-corrected chi connectivity index (χ4v) is 3.38. The van der Waals surface area contributed by atoms with Crippen LogP contribution in [0.5, 0.6) is 11.5 Å². The average Bonchev–Trinajstić information content (AvgIpc) is 2.49. The number of allylic oxidation sites excluding steroid dienone is 3. The lowest BCUT2D eigenvalue weighted by Gasteiger charge is -2.31. The largest absolute Gasteiger partial charge is 0.507 e. The van der Waals surface area contributed by atoms with E-state index < -0.39 is 0 Å². The van der Waals surface area contributed by atoms with Crippen molar-refractivity contribution in [1.82, 2.24) is 4.90 Å². The Morgan fingerprint density at radius 2 is 2.09 bits per heavy atom. The van der Waals surface area contributed by atoms with Gasteiger partial charge >= 0.3 is 0 Å². The zero-order valence-electron chi connectivity index (χ0n) is 14.9. The van der Waals surface area contributed by atoms with E-state index in [0.717, 1.165) is 29.8 Å². The molecule has 3 heteroatoms. The van der Waals surface area contributed by atoms with Crippen LogP contribution in [0.1, 0.15) is 55.7 Å². The predicted octanol–water partition coefficient (Wildman–Crippen LogP) is 4.89. The lowest BCUT2D eigenvalue weighted by atomic mass is 9.83. The monoisotopic (exact) mass is 315 g/mol. The normalized spacial score (nSPS) is 20.5. The second-order valence-corrected chi connectivity index (χ2v) is 6.64. The topological polar surface area (TPSA) is 32.7 Å². The highest BCUT2D eigenvalue weighted by molar-refractivity contribution is 5.57. The third kappa shape index (κ3) is 3.97. The fraction of sp³-hybridized carbons (Fsp3) is 0.500. The molecule has 1 aliphatic carbocycles. The highest BCUT2D eigenvalue weighted by Crippen LogP contribution is 2.45. The maximum Gasteiger partial charge on any atom is 0.142 e. The average molecular weight is 315 g/mol. The Bertz CT molecular complexity index is 604. The van der Waals surface area contributed by atoms with Gasteiger partial charge < -0.3 is 9.84 Å². The first-order valence-corrected chi connectivity index (χ1v) is 8.39. The van der Waals surface area contributed by atoms with Crippen molar-refractivity contribution in [3.05, 3.63) is 47.1 Å². The number of hydrogen-bond donors (Lipinski definition) is 1. The van der Waals surface area contributed by atoms with Gasteiger partial charge in [-0.25, -0.2) is 0 Å². The van der Waals surface area contributed by atoms with E-state index in [1.54, 1.807) is 6.08 Å². The molecule has 1 N–H and O–H groups in total. The maximum atomic E-state index is 10.4. The van der Waals surface area contributed by atoms with Crippen LogP contribution in [-0.2, 0) is 6.54 Å². The van der Waals surface area contributed by atoms with Crippen LogP contribution >= 0.6 is 0 Å². The number of fused-ring (bicyclic) bond motifs is 1. The van der Waals surface area contributed by atoms with E-state index in [4.69, 9.17) is 4.74 Å². The van der Waals surface area contributed by atoms with Gasteiger partial charge in [0.2, 0.25) is 0 Å². The van der Waals surface area contributed by atoms with E-state index in [1.807, 2.05) is 19.9 Å². The zero-order chi connectivity index (χ0) is 17.0. The Kier molecular flexibility index (Phi) is 5.89. The van der Waals surface area contributed by atoms with Crippen LogP contribution in [-0.4, -0.2) is 23.8 Å². The predicted molar refractivity (Wildman–Crippen MR) is 96.0 cm³/mol. The van der Waals surface area contributed by atoms with Crippen molar-refractivity contribution in [2.75, 3.05) is 13.8 Å². The van der Waals surface area contributed by atoms with Gasteiger partial charge in [-0.1, -0.05) is 17.7 Å². The second kappa shape index (κ2) is 7.69. The number of phenols is 1. The molecule has 1 heterocycles. The summed E-state index contributed by atoms with van der Waals surface area (Å²) < 4.78 is 5.95. The number of aryl methyl sites for hydroxylation is 1. The summed E-state index contributed by atoms with van der Waals surface area (Å²) in [6.07, 6.45) is 7.51. The molecule has 1 aromatic carbocycles. The lowest BCUT2D eigenvalue weighted by Crippen LogP contribution is -2.29. The standard InChI is InChI=1S/C17H23NO2.C3H6/c1-11-5-4-6-13(7-11)16-15(19)8-12(2)14-9-18(3)10-20-17(14)16;1-3-2/h7-8,13,19H,4-6,9-10H2,1-3H3;3H,1H2,2H3. The minimum absolute atomic E-state index is 0.293. The summed E-state index contributed by atoms with van der Waals surface area (Å²) in [6.45, 7) is 11.0. The second-order valence-electron chi connectivity index (χ2n) is 6.64. The van der Waals surface area contributed by atoms with Crippen molar-refractivity contribution in [2.24, 2.45) is 0 Å². The first-order valence-electron chi connectivity index (χ1n) is 8.39. The lowest BCUT2D eigenvalue weighted by molar-refractivity contribution is 0.119. The molecule has 1 atom stereocenters. The Morgan fingerprint density at radius 1 is 1.39 bits per heavy atom. The van der Waals surface area contributed by atoms with Gasteiger partial charge in [0.1, 0.15) is 18.2 Å². The smallest absolute Gasteiger partial charge is 0.142 e. The van der Waals surface area contributed by atoms with Gasteiger partial charge in [-0.2, -0.15) is 0 Å². The van der Waals surface area contributed by atoms with Crippen LogP contribution < -0.4 is 4.74 Å². The van der Waals surface area contributed by atoms with Crippen molar-refractivity contribution in [3.8, 4) is 11.5 Å². The van der Waals surface area contributed by atoms with E-state index in [1.165, 1.54) is 24.0 Å². The van der Waals surface area contributed by atoms with Crippen LogP contribution in [0.4, 0.5) is 0 Å². The van der Waals surface area contributed by atoms with Crippen molar-refractivity contribution >= 4 is 0 Å². The summed E-state index contributed by atoms with van der Waals surface area (Å²) in [5.41, 5.74) is 4.76. The van der Waals surface area contributed by atoms with E-state index in [9.17, 15) is 5.11 Å². The van der Waals surface area contributed by atoms with Gasteiger partial charge in [0, 0.05) is 23.6 Å². The quantitative estimate of drug-likeness (QED) is 0.749. The molecule has 1 aromatic rings. The van der Waals surface area contributed by atoms with Crippen LogP contribution in [0.3, 0.4) is 0 Å². The summed E-state index contributed by atoms with van der Waals surface area (Å²) in [7, 11) is 2.06. The highest BCUT2D eigenvalue weighted by atomic mass is 16.5. The van der Waals surface area contributed by atoms with Crippen molar-refractivity contribution < 1.29 is 9.84 Å². The molecule has 0 fully saturated rings. The number of phenolic OH excluding ortho intramolecular Hbond substituents is 1. The number of hydrogen-bond acceptors (Lipinski definition) is 3. The SMILES string of the molecule is C=CC.CC1=CC(c2c(O)cc(C)c3c2OCN(C)C3)CCC1. The molecule has 2 aliphatic rings. The number of nitrogens with zero attached hydrogens (tertiary/aromatic N) is 1. The van der Waals surface area contributed by atoms with Gasteiger partial charge in [-0.15, -0.1) is 6.58 Å². The molecule has 3 nitrogen and oxygen atoms in total. The van der Waals surface area contributed by atoms with Gasteiger partial charge in [0.25, 0.3) is 0 Å². The molecule has 1 aliphatic heterocycles. The number of benzene rings is 1. The third-order valence-corrected chi connectivity index (χ3v) is 4.42. The van der Waals surface area contributed by atoms with Crippen LogP contribution in [0.2, 0.25) is 0 Å². The molecule has 1 unspecified atom stereocenters. The molecule has 3 rings (SSSR count). The van der Waals surface area contributed by atoms with Gasteiger partial charge in [-0.3, -0.25) is 4.90 Å². The maximum absolute atomic E-state index is 10.4. The Labute approximate surface area is 140 Å². The van der Waals surface area contributed by atoms with E-state index in [-0.39, 0.29) is 0 Å². The molecular weight excluding hydrogens is 286 g/mol.